The Labute approximate surface area is 165 Å². The summed E-state index contributed by atoms with van der Waals surface area (Å²) < 4.78 is 9.71. The maximum absolute atomic E-state index is 6.12. The van der Waals surface area contributed by atoms with Crippen molar-refractivity contribution >= 4 is 17.6 Å². The van der Waals surface area contributed by atoms with Crippen molar-refractivity contribution in [2.24, 2.45) is 19.1 Å². The molecule has 9 heteroatoms. The van der Waals surface area contributed by atoms with E-state index in [1.807, 2.05) is 49.5 Å². The van der Waals surface area contributed by atoms with Gasteiger partial charge in [0.1, 0.15) is 12.4 Å². The van der Waals surface area contributed by atoms with E-state index in [0.29, 0.717) is 13.1 Å². The quantitative estimate of drug-likeness (QED) is 0.599. The molecule has 0 saturated carbocycles. The molecule has 1 saturated heterocycles. The van der Waals surface area contributed by atoms with Crippen LogP contribution in [0, 0.1) is 6.92 Å². The normalized spacial score (nSPS) is 17.5. The maximum Gasteiger partial charge on any atom is 0.194 e. The van der Waals surface area contributed by atoms with Crippen LogP contribution in [0.1, 0.15) is 30.2 Å². The number of nitrogens with one attached hydrogen (secondary N) is 1. The first-order chi connectivity index (χ1) is 12.9. The minimum absolute atomic E-state index is 0.241. The van der Waals surface area contributed by atoms with Gasteiger partial charge in [0.2, 0.25) is 0 Å². The zero-order valence-corrected chi connectivity index (χ0v) is 17.2. The van der Waals surface area contributed by atoms with Crippen LogP contribution < -0.4 is 5.32 Å². The third-order valence-corrected chi connectivity index (χ3v) is 5.11. The molecule has 1 aliphatic heterocycles. The highest BCUT2D eigenvalue weighted by Crippen LogP contribution is 2.15. The molecule has 2 aromatic rings. The van der Waals surface area contributed by atoms with Crippen molar-refractivity contribution in [3.05, 3.63) is 34.6 Å². The fourth-order valence-electron chi connectivity index (χ4n) is 3.10. The summed E-state index contributed by atoms with van der Waals surface area (Å²) in [4.78, 5) is 6.86. The molecule has 1 atom stereocenters. The van der Waals surface area contributed by atoms with Crippen molar-refractivity contribution < 1.29 is 4.74 Å². The van der Waals surface area contributed by atoms with E-state index in [4.69, 9.17) is 21.3 Å². The fraction of sp³-hybridized carbons (Fsp3) is 0.611. The third kappa shape index (κ3) is 5.01. The molecule has 0 amide bonds. The summed E-state index contributed by atoms with van der Waals surface area (Å²) in [6, 6.07) is 1.97. The molecule has 1 fully saturated rings. The van der Waals surface area contributed by atoms with Gasteiger partial charge in [-0.2, -0.15) is 0 Å². The summed E-state index contributed by atoms with van der Waals surface area (Å²) in [7, 11) is 5.97. The number of halogens is 1. The number of hydrogen-bond acceptors (Lipinski definition) is 4. The van der Waals surface area contributed by atoms with Gasteiger partial charge in [-0.25, -0.2) is 4.99 Å². The SMILES string of the molecule is Cc1nnc(CN=C(NCC2CCCO2)N(C)Cc2cc(Cl)cn2C)n1C. The molecule has 1 unspecified atom stereocenters. The molecular weight excluding hydrogens is 366 g/mol. The highest BCUT2D eigenvalue weighted by Gasteiger charge is 2.18. The van der Waals surface area contributed by atoms with E-state index in [-0.39, 0.29) is 6.10 Å². The molecule has 148 valence electrons. The van der Waals surface area contributed by atoms with Gasteiger partial charge in [0, 0.05) is 46.2 Å². The van der Waals surface area contributed by atoms with Gasteiger partial charge in [-0.05, 0) is 25.8 Å². The van der Waals surface area contributed by atoms with E-state index in [9.17, 15) is 0 Å². The van der Waals surface area contributed by atoms with E-state index < -0.39 is 0 Å². The number of nitrogens with zero attached hydrogens (tertiary/aromatic N) is 6. The Kier molecular flexibility index (Phi) is 6.38. The number of ether oxygens (including phenoxy) is 1. The summed E-state index contributed by atoms with van der Waals surface area (Å²) in [6.45, 7) is 4.67. The summed E-state index contributed by atoms with van der Waals surface area (Å²) in [6.07, 6.45) is 4.35. The number of guanidine groups is 1. The lowest BCUT2D eigenvalue weighted by Gasteiger charge is -2.24. The molecule has 0 spiro atoms. The van der Waals surface area contributed by atoms with Crippen LogP contribution in [0.15, 0.2) is 17.3 Å². The first-order valence-electron chi connectivity index (χ1n) is 9.20. The second-order valence-electron chi connectivity index (χ2n) is 6.99. The average Bonchev–Trinajstić information content (AvgIpc) is 3.33. The number of aromatic nitrogens is 4. The van der Waals surface area contributed by atoms with E-state index in [1.54, 1.807) is 0 Å². The molecule has 27 heavy (non-hydrogen) atoms. The van der Waals surface area contributed by atoms with Gasteiger partial charge in [-0.1, -0.05) is 11.6 Å². The minimum atomic E-state index is 0.241. The van der Waals surface area contributed by atoms with Gasteiger partial charge in [0.25, 0.3) is 0 Å². The van der Waals surface area contributed by atoms with Crippen LogP contribution in [0.2, 0.25) is 5.02 Å². The third-order valence-electron chi connectivity index (χ3n) is 4.90. The standard InChI is InChI=1S/C18H28ClN7O/c1-13-22-23-17(26(13)4)10-21-18(20-9-16-6-5-7-27-16)25(3)12-15-8-14(19)11-24(15)2/h8,11,16H,5-7,9-10,12H2,1-4H3,(H,20,21). The molecule has 2 aromatic heterocycles. The Balaban J connectivity index is 1.71. The Morgan fingerprint density at radius 1 is 1.44 bits per heavy atom. The smallest absolute Gasteiger partial charge is 0.194 e. The number of hydrogen-bond donors (Lipinski definition) is 1. The molecule has 0 bridgehead atoms. The molecule has 8 nitrogen and oxygen atoms in total. The zero-order valence-electron chi connectivity index (χ0n) is 16.4. The monoisotopic (exact) mass is 393 g/mol. The maximum atomic E-state index is 6.12. The van der Waals surface area contributed by atoms with Gasteiger partial charge in [-0.15, -0.1) is 10.2 Å². The molecule has 0 aliphatic carbocycles. The minimum Gasteiger partial charge on any atom is -0.376 e. The molecule has 0 aromatic carbocycles. The van der Waals surface area contributed by atoms with E-state index in [1.165, 1.54) is 0 Å². The van der Waals surface area contributed by atoms with Crippen LogP contribution in [0.4, 0.5) is 0 Å². The molecular formula is C18H28ClN7O. The van der Waals surface area contributed by atoms with Crippen molar-refractivity contribution in [1.82, 2.24) is 29.5 Å². The highest BCUT2D eigenvalue weighted by molar-refractivity contribution is 6.30. The van der Waals surface area contributed by atoms with Crippen molar-refractivity contribution in [1.29, 1.82) is 0 Å². The average molecular weight is 394 g/mol. The first kappa shape index (κ1) is 19.7. The van der Waals surface area contributed by atoms with Gasteiger partial charge in [0.15, 0.2) is 11.8 Å². The van der Waals surface area contributed by atoms with Crippen LogP contribution in [-0.2, 0) is 31.9 Å². The zero-order chi connectivity index (χ0) is 19.4. The summed E-state index contributed by atoms with van der Waals surface area (Å²) in [5.74, 6) is 2.52. The Hall–Kier alpha value is -2.06. The van der Waals surface area contributed by atoms with Crippen LogP contribution in [0.25, 0.3) is 0 Å². The van der Waals surface area contributed by atoms with E-state index in [2.05, 4.69) is 20.4 Å². The van der Waals surface area contributed by atoms with E-state index >= 15 is 0 Å². The van der Waals surface area contributed by atoms with Crippen molar-refractivity contribution in [3.8, 4) is 0 Å². The highest BCUT2D eigenvalue weighted by atomic mass is 35.5. The van der Waals surface area contributed by atoms with Crippen molar-refractivity contribution in [2.75, 3.05) is 20.2 Å². The lowest BCUT2D eigenvalue weighted by atomic mass is 10.2. The molecule has 0 radical (unpaired) electrons. The number of aliphatic imine (C=N–C) groups is 1. The van der Waals surface area contributed by atoms with Crippen molar-refractivity contribution in [2.45, 2.75) is 39.0 Å². The van der Waals surface area contributed by atoms with Crippen LogP contribution in [-0.4, -0.2) is 56.5 Å². The van der Waals surface area contributed by atoms with Gasteiger partial charge < -0.3 is 24.1 Å². The largest absolute Gasteiger partial charge is 0.376 e. The predicted octanol–water partition coefficient (Wildman–Crippen LogP) is 1.87. The van der Waals surface area contributed by atoms with Gasteiger partial charge in [-0.3, -0.25) is 0 Å². The van der Waals surface area contributed by atoms with E-state index in [0.717, 1.165) is 54.3 Å². The van der Waals surface area contributed by atoms with Gasteiger partial charge >= 0.3 is 0 Å². The molecule has 3 rings (SSSR count). The molecule has 3 heterocycles. The Morgan fingerprint density at radius 3 is 2.85 bits per heavy atom. The fourth-order valence-corrected chi connectivity index (χ4v) is 3.37. The summed E-state index contributed by atoms with van der Waals surface area (Å²) in [5, 5.41) is 12.5. The second kappa shape index (κ2) is 8.75. The lowest BCUT2D eigenvalue weighted by Crippen LogP contribution is -2.42. The Bertz CT molecular complexity index is 792. The summed E-state index contributed by atoms with van der Waals surface area (Å²) >= 11 is 6.12. The predicted molar refractivity (Wildman–Crippen MR) is 106 cm³/mol. The topological polar surface area (TPSA) is 72.5 Å². The molecule has 1 N–H and O–H groups in total. The van der Waals surface area contributed by atoms with Gasteiger partial charge in [0.05, 0.1) is 17.7 Å². The second-order valence-corrected chi connectivity index (χ2v) is 7.43. The van der Waals surface area contributed by atoms with Crippen LogP contribution in [0.5, 0.6) is 0 Å². The summed E-state index contributed by atoms with van der Waals surface area (Å²) in [5.41, 5.74) is 1.11. The Morgan fingerprint density at radius 2 is 2.26 bits per heavy atom. The van der Waals surface area contributed by atoms with Crippen molar-refractivity contribution in [3.63, 3.8) is 0 Å². The lowest BCUT2D eigenvalue weighted by molar-refractivity contribution is 0.113. The molecule has 1 aliphatic rings. The van der Waals surface area contributed by atoms with Crippen LogP contribution >= 0.6 is 11.6 Å². The van der Waals surface area contributed by atoms with Crippen LogP contribution in [0.3, 0.4) is 0 Å². The first-order valence-corrected chi connectivity index (χ1v) is 9.58. The number of rotatable bonds is 6. The number of aryl methyl sites for hydroxylation is 2.